The molecule has 3 N–H and O–H groups in total. The number of hydrogen-bond donors (Lipinski definition) is 3. The van der Waals surface area contributed by atoms with E-state index in [1.54, 1.807) is 66.7 Å². The van der Waals surface area contributed by atoms with Crippen molar-refractivity contribution in [2.24, 2.45) is 0 Å². The Balaban J connectivity index is 1.50. The summed E-state index contributed by atoms with van der Waals surface area (Å²) in [5, 5.41) is 8.69. The number of thioether (sulfide) groups is 1. The number of hydrogen-bond acceptors (Lipinski definition) is 4. The van der Waals surface area contributed by atoms with E-state index in [1.165, 1.54) is 42.1 Å². The van der Waals surface area contributed by atoms with Gasteiger partial charge in [-0.2, -0.15) is 0 Å². The molecule has 3 amide bonds. The largest absolute Gasteiger partial charge is 0.325 e. The molecule has 0 aromatic heterocycles. The van der Waals surface area contributed by atoms with Crippen molar-refractivity contribution in [3.8, 4) is 0 Å². The number of nitrogens with one attached hydrogen (secondary N) is 3. The fourth-order valence-corrected chi connectivity index (χ4v) is 5.39. The third-order valence-electron chi connectivity index (χ3n) is 5.87. The number of halogens is 3. The molecule has 0 spiro atoms. The fourth-order valence-electron chi connectivity index (χ4n) is 3.85. The number of amides is 3. The third-order valence-corrected chi connectivity index (χ3v) is 7.67. The summed E-state index contributed by atoms with van der Waals surface area (Å²) in [7, 11) is 0. The van der Waals surface area contributed by atoms with Crippen LogP contribution in [0.25, 0.3) is 6.08 Å². The smallest absolute Gasteiger partial charge is 0.272 e. The summed E-state index contributed by atoms with van der Waals surface area (Å²) in [5.41, 5.74) is 1.82. The molecule has 0 aliphatic heterocycles. The molecule has 0 bridgehead atoms. The Bertz CT molecular complexity index is 1600. The highest BCUT2D eigenvalue weighted by atomic mass is 35.5. The first-order valence-electron chi connectivity index (χ1n) is 12.9. The second kappa shape index (κ2) is 14.7. The van der Waals surface area contributed by atoms with Crippen LogP contribution in [0.3, 0.4) is 0 Å². The van der Waals surface area contributed by atoms with Gasteiger partial charge in [0, 0.05) is 31.9 Å². The van der Waals surface area contributed by atoms with Gasteiger partial charge in [-0.3, -0.25) is 14.4 Å². The molecule has 0 saturated carbocycles. The van der Waals surface area contributed by atoms with Crippen molar-refractivity contribution >= 4 is 70.1 Å². The van der Waals surface area contributed by atoms with Gasteiger partial charge in [-0.05, 0) is 78.7 Å². The van der Waals surface area contributed by atoms with Gasteiger partial charge in [-0.25, -0.2) is 4.39 Å². The highest BCUT2D eigenvalue weighted by Crippen LogP contribution is 2.30. The van der Waals surface area contributed by atoms with Gasteiger partial charge >= 0.3 is 0 Å². The van der Waals surface area contributed by atoms with E-state index < -0.39 is 22.9 Å². The van der Waals surface area contributed by atoms with Gasteiger partial charge < -0.3 is 16.0 Å². The molecule has 4 aromatic carbocycles. The molecule has 0 heterocycles. The molecule has 6 nitrogen and oxygen atoms in total. The van der Waals surface area contributed by atoms with Crippen LogP contribution in [-0.4, -0.2) is 23.0 Å². The zero-order valence-corrected chi connectivity index (χ0v) is 24.7. The molecule has 1 atom stereocenters. The molecular weight excluding hydrogens is 596 g/mol. The van der Waals surface area contributed by atoms with Crippen LogP contribution in [0.1, 0.15) is 29.3 Å². The molecule has 42 heavy (non-hydrogen) atoms. The maximum atomic E-state index is 13.4. The summed E-state index contributed by atoms with van der Waals surface area (Å²) in [5.74, 6) is -1.69. The van der Waals surface area contributed by atoms with Crippen LogP contribution >= 0.6 is 35.0 Å². The Morgan fingerprint density at radius 3 is 2.19 bits per heavy atom. The molecule has 0 fully saturated rings. The minimum atomic E-state index is -0.576. The number of carbonyl (C=O) groups is 3. The van der Waals surface area contributed by atoms with Crippen molar-refractivity contribution < 1.29 is 18.8 Å². The minimum absolute atomic E-state index is 0.0282. The summed E-state index contributed by atoms with van der Waals surface area (Å²) in [6, 6.07) is 25.9. The van der Waals surface area contributed by atoms with Crippen LogP contribution in [0.4, 0.5) is 15.8 Å². The van der Waals surface area contributed by atoms with Crippen LogP contribution in [0.15, 0.2) is 108 Å². The van der Waals surface area contributed by atoms with Crippen molar-refractivity contribution in [2.75, 3.05) is 10.6 Å². The Morgan fingerprint density at radius 2 is 1.52 bits per heavy atom. The van der Waals surface area contributed by atoms with E-state index in [1.807, 2.05) is 13.0 Å². The maximum Gasteiger partial charge on any atom is 0.272 e. The van der Waals surface area contributed by atoms with Crippen LogP contribution < -0.4 is 16.0 Å². The Hall–Kier alpha value is -4.11. The topological polar surface area (TPSA) is 87.3 Å². The van der Waals surface area contributed by atoms with E-state index in [9.17, 15) is 18.8 Å². The van der Waals surface area contributed by atoms with Crippen LogP contribution in [-0.2, 0) is 9.59 Å². The zero-order valence-electron chi connectivity index (χ0n) is 22.4. The average molecular weight is 623 g/mol. The zero-order chi connectivity index (χ0) is 30.1. The maximum absolute atomic E-state index is 13.4. The Morgan fingerprint density at radius 1 is 0.833 bits per heavy atom. The van der Waals surface area contributed by atoms with Crippen LogP contribution in [0.2, 0.25) is 10.0 Å². The molecule has 4 aromatic rings. The van der Waals surface area contributed by atoms with E-state index >= 15 is 0 Å². The Labute approximate surface area is 257 Å². The van der Waals surface area contributed by atoms with E-state index in [2.05, 4.69) is 16.0 Å². The van der Waals surface area contributed by atoms with E-state index in [0.29, 0.717) is 39.0 Å². The molecule has 0 radical (unpaired) electrons. The summed E-state index contributed by atoms with van der Waals surface area (Å²) in [6.07, 6.45) is 2.01. The standard InChI is InChI=1S/C32H26Cl2FN3O3S/c1-2-29(32(41)37-26-17-22(33)16-23(34)18-26)42-27-10-6-9-25(19-27)36-31(40)28(15-20-11-13-24(35)14-12-20)38-30(39)21-7-4-3-5-8-21/h3-19,29H,2H2,1H3,(H,36,40)(H,37,41)(H,38,39)/b28-15-. The van der Waals surface area contributed by atoms with Gasteiger partial charge in [0.25, 0.3) is 11.8 Å². The quantitative estimate of drug-likeness (QED) is 0.123. The fraction of sp³-hybridized carbons (Fsp3) is 0.0938. The predicted molar refractivity (Wildman–Crippen MR) is 168 cm³/mol. The van der Waals surface area contributed by atoms with Gasteiger partial charge in [0.05, 0.1) is 5.25 Å². The molecule has 214 valence electrons. The molecule has 0 aliphatic rings. The number of rotatable bonds is 10. The van der Waals surface area contributed by atoms with Gasteiger partial charge in [0.2, 0.25) is 5.91 Å². The molecule has 0 aliphatic carbocycles. The molecule has 10 heteroatoms. The second-order valence-corrected chi connectivity index (χ2v) is 11.2. The summed E-state index contributed by atoms with van der Waals surface area (Å²) in [4.78, 5) is 39.9. The molecular formula is C32H26Cl2FN3O3S. The van der Waals surface area contributed by atoms with Gasteiger partial charge in [0.1, 0.15) is 11.5 Å². The highest BCUT2D eigenvalue weighted by molar-refractivity contribution is 8.00. The first-order valence-corrected chi connectivity index (χ1v) is 14.5. The van der Waals surface area contributed by atoms with Gasteiger partial charge in [-0.1, -0.05) is 66.5 Å². The predicted octanol–water partition coefficient (Wildman–Crippen LogP) is 8.05. The van der Waals surface area contributed by atoms with Crippen molar-refractivity contribution in [2.45, 2.75) is 23.5 Å². The van der Waals surface area contributed by atoms with Crippen molar-refractivity contribution in [1.29, 1.82) is 0 Å². The normalized spacial score (nSPS) is 11.9. The second-order valence-electron chi connectivity index (χ2n) is 9.07. The molecule has 0 saturated heterocycles. The summed E-state index contributed by atoms with van der Waals surface area (Å²) in [6.45, 7) is 1.90. The lowest BCUT2D eigenvalue weighted by molar-refractivity contribution is -0.116. The SMILES string of the molecule is CCC(Sc1cccc(NC(=O)/C(=C/c2ccc(F)cc2)NC(=O)c2ccccc2)c1)C(=O)Nc1cc(Cl)cc(Cl)c1. The summed E-state index contributed by atoms with van der Waals surface area (Å²) >= 11 is 13.4. The number of carbonyl (C=O) groups excluding carboxylic acids is 3. The van der Waals surface area contributed by atoms with Crippen LogP contribution in [0.5, 0.6) is 0 Å². The third kappa shape index (κ3) is 8.94. The van der Waals surface area contributed by atoms with Crippen molar-refractivity contribution in [3.63, 3.8) is 0 Å². The lowest BCUT2D eigenvalue weighted by atomic mass is 10.1. The van der Waals surface area contributed by atoms with Crippen LogP contribution in [0, 0.1) is 5.82 Å². The Kier molecular flexibility index (Phi) is 10.8. The van der Waals surface area contributed by atoms with Gasteiger partial charge in [0.15, 0.2) is 0 Å². The highest BCUT2D eigenvalue weighted by Gasteiger charge is 2.20. The number of benzene rings is 4. The monoisotopic (exact) mass is 621 g/mol. The minimum Gasteiger partial charge on any atom is -0.325 e. The first kappa shape index (κ1) is 30.8. The molecule has 1 unspecified atom stereocenters. The van der Waals surface area contributed by atoms with Gasteiger partial charge in [-0.15, -0.1) is 11.8 Å². The first-order chi connectivity index (χ1) is 20.2. The van der Waals surface area contributed by atoms with E-state index in [4.69, 9.17) is 23.2 Å². The average Bonchev–Trinajstić information content (AvgIpc) is 2.96. The van der Waals surface area contributed by atoms with E-state index in [0.717, 1.165) is 4.90 Å². The van der Waals surface area contributed by atoms with E-state index in [-0.39, 0.29) is 11.6 Å². The van der Waals surface area contributed by atoms with Crippen molar-refractivity contribution in [3.05, 3.63) is 130 Å². The summed E-state index contributed by atoms with van der Waals surface area (Å²) < 4.78 is 13.4. The number of anilines is 2. The molecule has 4 rings (SSSR count). The lowest BCUT2D eigenvalue weighted by Crippen LogP contribution is -2.30. The van der Waals surface area contributed by atoms with Crippen molar-refractivity contribution in [1.82, 2.24) is 5.32 Å². The lowest BCUT2D eigenvalue weighted by Gasteiger charge is -2.16.